The number of piperidine rings is 1. The van der Waals surface area contributed by atoms with Crippen molar-refractivity contribution in [3.63, 3.8) is 0 Å². The van der Waals surface area contributed by atoms with Crippen molar-refractivity contribution >= 4 is 52.3 Å². The molecule has 1 aliphatic rings. The summed E-state index contributed by atoms with van der Waals surface area (Å²) in [4.78, 5) is 31.1. The Morgan fingerprint density at radius 1 is 1.17 bits per heavy atom. The molecular weight excluding hydrogens is 412 g/mol. The summed E-state index contributed by atoms with van der Waals surface area (Å²) in [6, 6.07) is 8.29. The first kappa shape index (κ1) is 21.0. The standard InChI is InChI=1S/C20H21ClN4O3S/c1-28-19(27)15-11-13(5-7-16(15)25-9-3-2-4-10-25)18(26)24-20(29)23-17-8-6-14(21)12-22-17/h5-8,11-12H,2-4,9-10H2,1H3,(H2,22,23,24,26,29). The zero-order valence-electron chi connectivity index (χ0n) is 15.9. The van der Waals surface area contributed by atoms with Crippen molar-refractivity contribution in [2.75, 3.05) is 30.4 Å². The molecule has 29 heavy (non-hydrogen) atoms. The van der Waals surface area contributed by atoms with E-state index in [9.17, 15) is 9.59 Å². The smallest absolute Gasteiger partial charge is 0.339 e. The maximum atomic E-state index is 12.6. The number of anilines is 2. The minimum absolute atomic E-state index is 0.0875. The highest BCUT2D eigenvalue weighted by molar-refractivity contribution is 7.80. The summed E-state index contributed by atoms with van der Waals surface area (Å²) >= 11 is 11.0. The van der Waals surface area contributed by atoms with E-state index in [0.29, 0.717) is 22.0 Å². The van der Waals surface area contributed by atoms with Crippen LogP contribution in [0.15, 0.2) is 36.5 Å². The minimum Gasteiger partial charge on any atom is -0.465 e. The zero-order chi connectivity index (χ0) is 20.8. The van der Waals surface area contributed by atoms with Crippen molar-refractivity contribution in [2.24, 2.45) is 0 Å². The number of rotatable bonds is 4. The summed E-state index contributed by atoms with van der Waals surface area (Å²) in [6.45, 7) is 1.75. The van der Waals surface area contributed by atoms with Crippen LogP contribution in [0, 0.1) is 0 Å². The molecule has 0 atom stereocenters. The maximum Gasteiger partial charge on any atom is 0.339 e. The molecule has 1 aromatic heterocycles. The van der Waals surface area contributed by atoms with E-state index in [0.717, 1.165) is 31.6 Å². The van der Waals surface area contributed by atoms with Crippen LogP contribution in [0.25, 0.3) is 0 Å². The number of amides is 1. The molecule has 9 heteroatoms. The summed E-state index contributed by atoms with van der Waals surface area (Å²) in [5.74, 6) is -0.464. The summed E-state index contributed by atoms with van der Waals surface area (Å²) in [7, 11) is 1.33. The number of benzene rings is 1. The van der Waals surface area contributed by atoms with Crippen LogP contribution in [0.3, 0.4) is 0 Å². The van der Waals surface area contributed by atoms with Crippen LogP contribution in [-0.4, -0.2) is 42.2 Å². The SMILES string of the molecule is COC(=O)c1cc(C(=O)NC(=S)Nc2ccc(Cl)cn2)ccc1N1CCCCC1. The van der Waals surface area contributed by atoms with Gasteiger partial charge in [-0.15, -0.1) is 0 Å². The van der Waals surface area contributed by atoms with Crippen molar-refractivity contribution in [1.29, 1.82) is 0 Å². The Balaban J connectivity index is 1.74. The molecule has 1 fully saturated rings. The van der Waals surface area contributed by atoms with Crippen LogP contribution < -0.4 is 15.5 Å². The molecule has 0 aliphatic carbocycles. The van der Waals surface area contributed by atoms with Gasteiger partial charge in [-0.05, 0) is 61.8 Å². The molecule has 0 saturated carbocycles. The van der Waals surface area contributed by atoms with Crippen LogP contribution in [-0.2, 0) is 4.74 Å². The third-order valence-corrected chi connectivity index (χ3v) is 4.98. The van der Waals surface area contributed by atoms with Gasteiger partial charge in [0.25, 0.3) is 5.91 Å². The molecule has 2 N–H and O–H groups in total. The summed E-state index contributed by atoms with van der Waals surface area (Å²) in [5, 5.41) is 5.98. The van der Waals surface area contributed by atoms with E-state index in [1.54, 1.807) is 24.3 Å². The Morgan fingerprint density at radius 3 is 2.59 bits per heavy atom. The number of nitrogens with zero attached hydrogens (tertiary/aromatic N) is 2. The Bertz CT molecular complexity index is 914. The van der Waals surface area contributed by atoms with Gasteiger partial charge in [0.15, 0.2) is 5.11 Å². The second-order valence-electron chi connectivity index (χ2n) is 6.54. The van der Waals surface area contributed by atoms with E-state index < -0.39 is 11.9 Å². The summed E-state index contributed by atoms with van der Waals surface area (Å²) in [6.07, 6.45) is 4.79. The van der Waals surface area contributed by atoms with Gasteiger partial charge in [-0.3, -0.25) is 10.1 Å². The monoisotopic (exact) mass is 432 g/mol. The number of hydrogen-bond donors (Lipinski definition) is 2. The van der Waals surface area contributed by atoms with Crippen molar-refractivity contribution in [3.05, 3.63) is 52.7 Å². The van der Waals surface area contributed by atoms with Crippen molar-refractivity contribution < 1.29 is 14.3 Å². The normalized spacial score (nSPS) is 13.5. The fourth-order valence-electron chi connectivity index (χ4n) is 3.13. The number of carbonyl (C=O) groups excluding carboxylic acids is 2. The molecule has 2 heterocycles. The molecule has 0 spiro atoms. The lowest BCUT2D eigenvalue weighted by Crippen LogP contribution is -2.35. The molecule has 1 saturated heterocycles. The Hall–Kier alpha value is -2.71. The van der Waals surface area contributed by atoms with Crippen LogP contribution in [0.1, 0.15) is 40.0 Å². The van der Waals surface area contributed by atoms with E-state index in [4.69, 9.17) is 28.6 Å². The minimum atomic E-state index is -0.480. The topological polar surface area (TPSA) is 83.6 Å². The van der Waals surface area contributed by atoms with Crippen LogP contribution in [0.4, 0.5) is 11.5 Å². The average molecular weight is 433 g/mol. The van der Waals surface area contributed by atoms with Crippen LogP contribution >= 0.6 is 23.8 Å². The van der Waals surface area contributed by atoms with Gasteiger partial charge >= 0.3 is 5.97 Å². The predicted molar refractivity (Wildman–Crippen MR) is 117 cm³/mol. The first-order valence-electron chi connectivity index (χ1n) is 9.19. The molecule has 0 bridgehead atoms. The van der Waals surface area contributed by atoms with Crippen molar-refractivity contribution in [2.45, 2.75) is 19.3 Å². The Labute approximate surface area is 179 Å². The number of nitrogens with one attached hydrogen (secondary N) is 2. The average Bonchev–Trinajstić information content (AvgIpc) is 2.75. The number of carbonyl (C=O) groups is 2. The lowest BCUT2D eigenvalue weighted by Gasteiger charge is -2.30. The number of hydrogen-bond acceptors (Lipinski definition) is 6. The Morgan fingerprint density at radius 2 is 1.93 bits per heavy atom. The summed E-state index contributed by atoms with van der Waals surface area (Å²) < 4.78 is 4.92. The van der Waals surface area contributed by atoms with Gasteiger partial charge in [-0.1, -0.05) is 11.6 Å². The molecule has 152 valence electrons. The van der Waals surface area contributed by atoms with Gasteiger partial charge in [0.05, 0.1) is 23.4 Å². The highest BCUT2D eigenvalue weighted by atomic mass is 35.5. The first-order valence-corrected chi connectivity index (χ1v) is 9.98. The quantitative estimate of drug-likeness (QED) is 0.563. The molecule has 0 unspecified atom stereocenters. The number of aromatic nitrogens is 1. The molecule has 1 aliphatic heterocycles. The van der Waals surface area contributed by atoms with Crippen LogP contribution in [0.5, 0.6) is 0 Å². The molecule has 1 amide bonds. The van der Waals surface area contributed by atoms with Crippen molar-refractivity contribution in [3.8, 4) is 0 Å². The highest BCUT2D eigenvalue weighted by Gasteiger charge is 2.21. The van der Waals surface area contributed by atoms with E-state index in [1.165, 1.54) is 25.8 Å². The third kappa shape index (κ3) is 5.42. The second kappa shape index (κ2) is 9.67. The number of ether oxygens (including phenoxy) is 1. The van der Waals surface area contributed by atoms with Gasteiger partial charge in [-0.2, -0.15) is 0 Å². The van der Waals surface area contributed by atoms with Crippen LogP contribution in [0.2, 0.25) is 5.02 Å². The van der Waals surface area contributed by atoms with E-state index in [-0.39, 0.29) is 5.11 Å². The van der Waals surface area contributed by atoms with Crippen molar-refractivity contribution in [1.82, 2.24) is 10.3 Å². The van der Waals surface area contributed by atoms with Gasteiger partial charge in [0.1, 0.15) is 5.82 Å². The third-order valence-electron chi connectivity index (χ3n) is 4.56. The summed E-state index contributed by atoms with van der Waals surface area (Å²) in [5.41, 5.74) is 1.44. The van der Waals surface area contributed by atoms with Gasteiger partial charge in [-0.25, -0.2) is 9.78 Å². The number of methoxy groups -OCH3 is 1. The molecule has 1 aromatic carbocycles. The van der Waals surface area contributed by atoms with E-state index >= 15 is 0 Å². The number of esters is 1. The molecule has 0 radical (unpaired) electrons. The first-order chi connectivity index (χ1) is 14.0. The number of halogens is 1. The maximum absolute atomic E-state index is 12.6. The van der Waals surface area contributed by atoms with Gasteiger partial charge < -0.3 is 15.0 Å². The van der Waals surface area contributed by atoms with Gasteiger partial charge in [0.2, 0.25) is 0 Å². The fourth-order valence-corrected chi connectivity index (χ4v) is 3.44. The zero-order valence-corrected chi connectivity index (χ0v) is 17.5. The second-order valence-corrected chi connectivity index (χ2v) is 7.39. The fraction of sp³-hybridized carbons (Fsp3) is 0.300. The number of pyridine rings is 1. The number of thiocarbonyl (C=S) groups is 1. The largest absolute Gasteiger partial charge is 0.465 e. The molecular formula is C20H21ClN4O3S. The molecule has 3 rings (SSSR count). The van der Waals surface area contributed by atoms with E-state index in [1.807, 2.05) is 0 Å². The lowest BCUT2D eigenvalue weighted by atomic mass is 10.0. The van der Waals surface area contributed by atoms with Gasteiger partial charge in [0, 0.05) is 24.8 Å². The Kier molecular flexibility index (Phi) is 7.00. The molecule has 2 aromatic rings. The lowest BCUT2D eigenvalue weighted by molar-refractivity contribution is 0.0601. The predicted octanol–water partition coefficient (Wildman–Crippen LogP) is 3.64. The highest BCUT2D eigenvalue weighted by Crippen LogP contribution is 2.26. The van der Waals surface area contributed by atoms with E-state index in [2.05, 4.69) is 20.5 Å². The molecule has 7 nitrogen and oxygen atoms in total.